The fraction of sp³-hybridized carbons (Fsp3) is 0.267. The Morgan fingerprint density at radius 3 is 2.67 bits per heavy atom. The van der Waals surface area contributed by atoms with Gasteiger partial charge in [0.25, 0.3) is 5.91 Å². The molecule has 1 heterocycles. The number of amides is 1. The molecule has 1 aromatic heterocycles. The number of benzene rings is 1. The van der Waals surface area contributed by atoms with Crippen molar-refractivity contribution in [2.24, 2.45) is 0 Å². The standard InChI is InChI=1S/C15H17BrN4O/c1-3-10(2)18-15-17-9-8-13(20-15)14(21)19-12-6-4-11(16)5-7-12/h4-10H,3H2,1-2H3,(H,19,21)(H,17,18,20). The molecule has 1 amide bonds. The van der Waals surface area contributed by atoms with Gasteiger partial charge in [-0.25, -0.2) is 9.97 Å². The Bertz CT molecular complexity index is 615. The van der Waals surface area contributed by atoms with Gasteiger partial charge in [0.1, 0.15) is 5.69 Å². The van der Waals surface area contributed by atoms with E-state index >= 15 is 0 Å². The van der Waals surface area contributed by atoms with Crippen LogP contribution in [0.3, 0.4) is 0 Å². The molecule has 0 saturated carbocycles. The van der Waals surface area contributed by atoms with Gasteiger partial charge in [0, 0.05) is 22.4 Å². The van der Waals surface area contributed by atoms with Gasteiger partial charge >= 0.3 is 0 Å². The average Bonchev–Trinajstić information content (AvgIpc) is 2.49. The molecule has 21 heavy (non-hydrogen) atoms. The summed E-state index contributed by atoms with van der Waals surface area (Å²) in [5.41, 5.74) is 1.05. The Morgan fingerprint density at radius 1 is 1.29 bits per heavy atom. The first kappa shape index (κ1) is 15.4. The maximum Gasteiger partial charge on any atom is 0.274 e. The summed E-state index contributed by atoms with van der Waals surface area (Å²) in [7, 11) is 0. The fourth-order valence-electron chi connectivity index (χ4n) is 1.61. The van der Waals surface area contributed by atoms with E-state index < -0.39 is 0 Å². The minimum absolute atomic E-state index is 0.257. The number of carbonyl (C=O) groups excluding carboxylic acids is 1. The molecule has 0 spiro atoms. The lowest BCUT2D eigenvalue weighted by Gasteiger charge is -2.11. The Kier molecular flexibility index (Phi) is 5.27. The van der Waals surface area contributed by atoms with Gasteiger partial charge < -0.3 is 10.6 Å². The maximum atomic E-state index is 12.2. The second-order valence-corrected chi connectivity index (χ2v) is 5.60. The second kappa shape index (κ2) is 7.17. The van der Waals surface area contributed by atoms with Crippen molar-refractivity contribution in [1.29, 1.82) is 0 Å². The largest absolute Gasteiger partial charge is 0.352 e. The highest BCUT2D eigenvalue weighted by atomic mass is 79.9. The first-order valence-electron chi connectivity index (χ1n) is 6.75. The summed E-state index contributed by atoms with van der Waals surface area (Å²) in [4.78, 5) is 20.5. The van der Waals surface area contributed by atoms with E-state index in [4.69, 9.17) is 0 Å². The van der Waals surface area contributed by atoms with E-state index in [1.54, 1.807) is 12.3 Å². The van der Waals surface area contributed by atoms with Gasteiger partial charge in [0.15, 0.2) is 0 Å². The number of anilines is 2. The van der Waals surface area contributed by atoms with E-state index in [-0.39, 0.29) is 11.9 Å². The van der Waals surface area contributed by atoms with Crippen molar-refractivity contribution >= 4 is 33.5 Å². The molecule has 0 aliphatic carbocycles. The summed E-state index contributed by atoms with van der Waals surface area (Å²) in [5, 5.41) is 5.95. The molecular weight excluding hydrogens is 332 g/mol. The third-order valence-corrected chi connectivity index (χ3v) is 3.51. The highest BCUT2D eigenvalue weighted by molar-refractivity contribution is 9.10. The van der Waals surface area contributed by atoms with Gasteiger partial charge in [-0.2, -0.15) is 0 Å². The monoisotopic (exact) mass is 348 g/mol. The molecule has 110 valence electrons. The number of carbonyl (C=O) groups is 1. The first-order valence-corrected chi connectivity index (χ1v) is 7.54. The number of halogens is 1. The molecule has 0 aliphatic heterocycles. The van der Waals surface area contributed by atoms with Gasteiger partial charge in [0.2, 0.25) is 5.95 Å². The summed E-state index contributed by atoms with van der Waals surface area (Å²) in [5.74, 6) is 0.208. The second-order valence-electron chi connectivity index (χ2n) is 4.68. The van der Waals surface area contributed by atoms with E-state index in [0.717, 1.165) is 16.6 Å². The van der Waals surface area contributed by atoms with Gasteiger partial charge in [-0.3, -0.25) is 4.79 Å². The lowest BCUT2D eigenvalue weighted by Crippen LogP contribution is -2.18. The van der Waals surface area contributed by atoms with Crippen LogP contribution < -0.4 is 10.6 Å². The summed E-state index contributed by atoms with van der Waals surface area (Å²) < 4.78 is 0.961. The Hall–Kier alpha value is -1.95. The van der Waals surface area contributed by atoms with Crippen molar-refractivity contribution in [1.82, 2.24) is 9.97 Å². The maximum absolute atomic E-state index is 12.2. The molecule has 6 heteroatoms. The van der Waals surface area contributed by atoms with Crippen molar-refractivity contribution in [2.75, 3.05) is 10.6 Å². The third kappa shape index (κ3) is 4.53. The van der Waals surface area contributed by atoms with Crippen LogP contribution in [0, 0.1) is 0 Å². The Balaban J connectivity index is 2.08. The van der Waals surface area contributed by atoms with Crippen LogP contribution in [0.2, 0.25) is 0 Å². The van der Waals surface area contributed by atoms with Gasteiger partial charge in [-0.05, 0) is 43.7 Å². The van der Waals surface area contributed by atoms with E-state index in [9.17, 15) is 4.79 Å². The first-order chi connectivity index (χ1) is 10.1. The lowest BCUT2D eigenvalue weighted by atomic mass is 10.3. The highest BCUT2D eigenvalue weighted by Crippen LogP contribution is 2.15. The Labute approximate surface area is 132 Å². The predicted octanol–water partition coefficient (Wildman–Crippen LogP) is 3.70. The van der Waals surface area contributed by atoms with Crippen LogP contribution in [-0.4, -0.2) is 21.9 Å². The molecular formula is C15H17BrN4O. The summed E-state index contributed by atoms with van der Waals surface area (Å²) in [6.45, 7) is 4.11. The molecule has 0 aliphatic rings. The molecule has 2 aromatic rings. The molecule has 0 saturated heterocycles. The van der Waals surface area contributed by atoms with Crippen molar-refractivity contribution in [3.63, 3.8) is 0 Å². The zero-order valence-electron chi connectivity index (χ0n) is 11.9. The van der Waals surface area contributed by atoms with Gasteiger partial charge in [-0.1, -0.05) is 22.9 Å². The number of nitrogens with zero attached hydrogens (tertiary/aromatic N) is 2. The van der Waals surface area contributed by atoms with Crippen LogP contribution in [0.4, 0.5) is 11.6 Å². The SMILES string of the molecule is CCC(C)Nc1nccc(C(=O)Nc2ccc(Br)cc2)n1. The Morgan fingerprint density at radius 2 is 2.00 bits per heavy atom. The minimum atomic E-state index is -0.257. The zero-order valence-corrected chi connectivity index (χ0v) is 13.5. The fourth-order valence-corrected chi connectivity index (χ4v) is 1.87. The van der Waals surface area contributed by atoms with Crippen LogP contribution in [-0.2, 0) is 0 Å². The number of hydrogen-bond acceptors (Lipinski definition) is 4. The molecule has 5 nitrogen and oxygen atoms in total. The van der Waals surface area contributed by atoms with Crippen LogP contribution in [0.5, 0.6) is 0 Å². The summed E-state index contributed by atoms with van der Waals surface area (Å²) >= 11 is 3.35. The van der Waals surface area contributed by atoms with Crippen LogP contribution in [0.25, 0.3) is 0 Å². The topological polar surface area (TPSA) is 66.9 Å². The lowest BCUT2D eigenvalue weighted by molar-refractivity contribution is 0.102. The van der Waals surface area contributed by atoms with E-state index in [1.807, 2.05) is 31.2 Å². The van der Waals surface area contributed by atoms with Gasteiger partial charge in [-0.15, -0.1) is 0 Å². The molecule has 0 fully saturated rings. The molecule has 0 bridgehead atoms. The molecule has 1 atom stereocenters. The van der Waals surface area contributed by atoms with E-state index in [0.29, 0.717) is 11.6 Å². The van der Waals surface area contributed by atoms with Crippen molar-refractivity contribution in [2.45, 2.75) is 26.3 Å². The van der Waals surface area contributed by atoms with Crippen LogP contribution >= 0.6 is 15.9 Å². The van der Waals surface area contributed by atoms with Crippen molar-refractivity contribution < 1.29 is 4.79 Å². The summed E-state index contributed by atoms with van der Waals surface area (Å²) in [6.07, 6.45) is 2.53. The van der Waals surface area contributed by atoms with Crippen LogP contribution in [0.15, 0.2) is 41.0 Å². The smallest absolute Gasteiger partial charge is 0.274 e. The number of nitrogens with one attached hydrogen (secondary N) is 2. The van der Waals surface area contributed by atoms with Crippen LogP contribution in [0.1, 0.15) is 30.8 Å². The summed E-state index contributed by atoms with van der Waals surface area (Å²) in [6, 6.07) is 9.23. The number of aromatic nitrogens is 2. The highest BCUT2D eigenvalue weighted by Gasteiger charge is 2.10. The van der Waals surface area contributed by atoms with Crippen molar-refractivity contribution in [3.05, 3.63) is 46.7 Å². The van der Waals surface area contributed by atoms with Gasteiger partial charge in [0.05, 0.1) is 0 Å². The predicted molar refractivity (Wildman–Crippen MR) is 87.5 cm³/mol. The number of rotatable bonds is 5. The molecule has 2 N–H and O–H groups in total. The molecule has 0 radical (unpaired) electrons. The minimum Gasteiger partial charge on any atom is -0.352 e. The zero-order chi connectivity index (χ0) is 15.2. The normalized spacial score (nSPS) is 11.8. The molecule has 1 unspecified atom stereocenters. The third-order valence-electron chi connectivity index (χ3n) is 2.98. The molecule has 1 aromatic carbocycles. The molecule has 2 rings (SSSR count). The van der Waals surface area contributed by atoms with E-state index in [1.165, 1.54) is 0 Å². The van der Waals surface area contributed by atoms with Crippen molar-refractivity contribution in [3.8, 4) is 0 Å². The van der Waals surface area contributed by atoms with E-state index in [2.05, 4.69) is 43.5 Å². The average molecular weight is 349 g/mol. The quantitative estimate of drug-likeness (QED) is 0.864. The number of hydrogen-bond donors (Lipinski definition) is 2.